The van der Waals surface area contributed by atoms with E-state index in [1.807, 2.05) is 0 Å². The molecule has 152 valence electrons. The van der Waals surface area contributed by atoms with Crippen molar-refractivity contribution in [1.29, 1.82) is 0 Å². The molecule has 0 bridgehead atoms. The first-order valence-corrected chi connectivity index (χ1v) is 11.2. The molecule has 1 unspecified atom stereocenters. The zero-order valence-electron chi connectivity index (χ0n) is 15.9. The highest BCUT2D eigenvalue weighted by Gasteiger charge is 2.31. The van der Waals surface area contributed by atoms with E-state index in [1.165, 1.54) is 12.1 Å². The second-order valence-electron chi connectivity index (χ2n) is 6.48. The molecule has 8 heteroatoms. The largest absolute Gasteiger partial charge is 0.354 e. The lowest BCUT2D eigenvalue weighted by atomic mass is 10.1. The Kier molecular flexibility index (Phi) is 7.83. The minimum Gasteiger partial charge on any atom is -0.354 e. The third-order valence-corrected chi connectivity index (χ3v) is 5.70. The summed E-state index contributed by atoms with van der Waals surface area (Å²) in [5.41, 5.74) is 1.36. The van der Waals surface area contributed by atoms with Gasteiger partial charge in [-0.25, -0.2) is 12.8 Å². The van der Waals surface area contributed by atoms with Crippen LogP contribution in [0.2, 0.25) is 5.02 Å². The minimum atomic E-state index is -3.67. The van der Waals surface area contributed by atoms with Crippen LogP contribution in [-0.2, 0) is 21.2 Å². The highest BCUT2D eigenvalue weighted by atomic mass is 35.5. The van der Waals surface area contributed by atoms with Crippen LogP contribution in [0.3, 0.4) is 0 Å². The van der Waals surface area contributed by atoms with Crippen molar-refractivity contribution in [2.75, 3.05) is 17.1 Å². The summed E-state index contributed by atoms with van der Waals surface area (Å²) in [6, 6.07) is 11.7. The topological polar surface area (TPSA) is 66.5 Å². The number of amides is 1. The second-order valence-corrected chi connectivity index (χ2v) is 8.78. The number of nitrogens with zero attached hydrogens (tertiary/aromatic N) is 1. The molecular weight excluding hydrogens is 403 g/mol. The van der Waals surface area contributed by atoms with Crippen LogP contribution in [0.4, 0.5) is 10.1 Å². The van der Waals surface area contributed by atoms with Gasteiger partial charge in [0.2, 0.25) is 15.9 Å². The van der Waals surface area contributed by atoms with E-state index in [2.05, 4.69) is 5.32 Å². The van der Waals surface area contributed by atoms with Gasteiger partial charge >= 0.3 is 0 Å². The molecule has 1 amide bonds. The number of sulfonamides is 1. The van der Waals surface area contributed by atoms with Crippen LogP contribution in [0.1, 0.15) is 25.3 Å². The Balaban J connectivity index is 2.02. The van der Waals surface area contributed by atoms with Gasteiger partial charge in [-0.3, -0.25) is 9.10 Å². The van der Waals surface area contributed by atoms with Crippen LogP contribution in [-0.4, -0.2) is 33.2 Å². The summed E-state index contributed by atoms with van der Waals surface area (Å²) < 4.78 is 38.7. The number of carbonyl (C=O) groups excluding carboxylic acids is 1. The van der Waals surface area contributed by atoms with Crippen LogP contribution in [0.25, 0.3) is 0 Å². The molecular formula is C20H24ClFN2O3S. The van der Waals surface area contributed by atoms with Crippen molar-refractivity contribution in [2.24, 2.45) is 0 Å². The maximum atomic E-state index is 12.9. The van der Waals surface area contributed by atoms with Gasteiger partial charge in [0.25, 0.3) is 0 Å². The summed E-state index contributed by atoms with van der Waals surface area (Å²) in [4.78, 5) is 12.7. The first-order chi connectivity index (χ1) is 13.2. The maximum absolute atomic E-state index is 12.9. The Labute approximate surface area is 170 Å². The molecule has 0 aliphatic heterocycles. The molecule has 28 heavy (non-hydrogen) atoms. The molecule has 2 rings (SSSR count). The van der Waals surface area contributed by atoms with Crippen molar-refractivity contribution in [1.82, 2.24) is 5.32 Å². The fourth-order valence-corrected chi connectivity index (χ4v) is 4.26. The van der Waals surface area contributed by atoms with E-state index < -0.39 is 16.1 Å². The van der Waals surface area contributed by atoms with Gasteiger partial charge < -0.3 is 5.32 Å². The Morgan fingerprint density at radius 1 is 1.14 bits per heavy atom. The molecule has 0 aliphatic carbocycles. The quantitative estimate of drug-likeness (QED) is 0.620. The zero-order chi connectivity index (χ0) is 20.7. The first-order valence-electron chi connectivity index (χ1n) is 8.99. The van der Waals surface area contributed by atoms with Crippen LogP contribution in [0.15, 0.2) is 48.5 Å². The van der Waals surface area contributed by atoms with Gasteiger partial charge in [-0.05, 0) is 61.2 Å². The molecule has 1 N–H and O–H groups in total. The van der Waals surface area contributed by atoms with Gasteiger partial charge in [-0.1, -0.05) is 30.7 Å². The fraction of sp³-hybridized carbons (Fsp3) is 0.350. The van der Waals surface area contributed by atoms with Gasteiger partial charge in [-0.15, -0.1) is 0 Å². The van der Waals surface area contributed by atoms with E-state index in [-0.39, 0.29) is 11.7 Å². The molecule has 0 saturated carbocycles. The van der Waals surface area contributed by atoms with Crippen molar-refractivity contribution in [3.63, 3.8) is 0 Å². The standard InChI is InChI=1S/C20H24ClFN2O3S/c1-3-19(24(28(2,26)27)18-12-8-16(21)9-13-18)20(25)23-14-4-5-15-6-10-17(22)11-7-15/h6-13,19H,3-5,14H2,1-2H3,(H,23,25). The highest BCUT2D eigenvalue weighted by Crippen LogP contribution is 2.24. The number of benzene rings is 2. The molecule has 0 heterocycles. The van der Waals surface area contributed by atoms with Crippen molar-refractivity contribution in [3.05, 3.63) is 64.9 Å². The summed E-state index contributed by atoms with van der Waals surface area (Å²) >= 11 is 5.88. The predicted molar refractivity (Wildman–Crippen MR) is 111 cm³/mol. The predicted octanol–water partition coefficient (Wildman–Crippen LogP) is 3.77. The van der Waals surface area contributed by atoms with E-state index in [0.717, 1.165) is 16.1 Å². The number of carbonyl (C=O) groups is 1. The summed E-state index contributed by atoms with van der Waals surface area (Å²) in [6.45, 7) is 2.15. The summed E-state index contributed by atoms with van der Waals surface area (Å²) in [6.07, 6.45) is 2.74. The molecule has 0 aromatic heterocycles. The van der Waals surface area contributed by atoms with Gasteiger partial charge in [-0.2, -0.15) is 0 Å². The van der Waals surface area contributed by atoms with Gasteiger partial charge in [0.1, 0.15) is 11.9 Å². The summed E-state index contributed by atoms with van der Waals surface area (Å²) in [5, 5.41) is 3.29. The van der Waals surface area contributed by atoms with E-state index >= 15 is 0 Å². The molecule has 0 radical (unpaired) electrons. The molecule has 0 fully saturated rings. The van der Waals surface area contributed by atoms with Gasteiger partial charge in [0.15, 0.2) is 0 Å². The normalized spacial score (nSPS) is 12.4. The van der Waals surface area contributed by atoms with Gasteiger partial charge in [0.05, 0.1) is 11.9 Å². The smallest absolute Gasteiger partial charge is 0.243 e. The minimum absolute atomic E-state index is 0.286. The molecule has 5 nitrogen and oxygen atoms in total. The zero-order valence-corrected chi connectivity index (χ0v) is 17.4. The van der Waals surface area contributed by atoms with Crippen molar-refractivity contribution in [2.45, 2.75) is 32.2 Å². The number of rotatable bonds is 9. The summed E-state index contributed by atoms with van der Waals surface area (Å²) in [7, 11) is -3.67. The number of anilines is 1. The average molecular weight is 427 g/mol. The third kappa shape index (κ3) is 6.21. The Morgan fingerprint density at radius 2 is 1.75 bits per heavy atom. The van der Waals surface area contributed by atoms with E-state index in [0.29, 0.717) is 36.5 Å². The van der Waals surface area contributed by atoms with Crippen molar-refractivity contribution >= 4 is 33.2 Å². The molecule has 0 aliphatic rings. The molecule has 1 atom stereocenters. The number of hydrogen-bond donors (Lipinski definition) is 1. The monoisotopic (exact) mass is 426 g/mol. The number of nitrogens with one attached hydrogen (secondary N) is 1. The van der Waals surface area contributed by atoms with Crippen LogP contribution in [0.5, 0.6) is 0 Å². The lowest BCUT2D eigenvalue weighted by Gasteiger charge is -2.30. The third-order valence-electron chi connectivity index (χ3n) is 4.27. The SMILES string of the molecule is CCC(C(=O)NCCCc1ccc(F)cc1)N(c1ccc(Cl)cc1)S(C)(=O)=O. The fourth-order valence-electron chi connectivity index (χ4n) is 2.92. The Morgan fingerprint density at radius 3 is 2.29 bits per heavy atom. The Bertz CT molecular complexity index is 887. The molecule has 0 saturated heterocycles. The van der Waals surface area contributed by atoms with Gasteiger partial charge in [0, 0.05) is 11.6 Å². The summed E-state index contributed by atoms with van der Waals surface area (Å²) in [5.74, 6) is -0.645. The molecule has 0 spiro atoms. The lowest BCUT2D eigenvalue weighted by Crippen LogP contribution is -2.49. The average Bonchev–Trinajstić information content (AvgIpc) is 2.64. The lowest BCUT2D eigenvalue weighted by molar-refractivity contribution is -0.122. The number of hydrogen-bond acceptors (Lipinski definition) is 3. The number of halogens is 2. The maximum Gasteiger partial charge on any atom is 0.243 e. The number of aryl methyl sites for hydroxylation is 1. The van der Waals surface area contributed by atoms with E-state index in [9.17, 15) is 17.6 Å². The van der Waals surface area contributed by atoms with E-state index in [1.54, 1.807) is 43.3 Å². The highest BCUT2D eigenvalue weighted by molar-refractivity contribution is 7.92. The van der Waals surface area contributed by atoms with Crippen LogP contribution >= 0.6 is 11.6 Å². The van der Waals surface area contributed by atoms with Crippen LogP contribution < -0.4 is 9.62 Å². The van der Waals surface area contributed by atoms with Crippen LogP contribution in [0, 0.1) is 5.82 Å². The van der Waals surface area contributed by atoms with E-state index in [4.69, 9.17) is 11.6 Å². The second kappa shape index (κ2) is 9.89. The molecule has 2 aromatic rings. The first kappa shape index (κ1) is 22.2. The van der Waals surface area contributed by atoms with Crippen molar-refractivity contribution in [3.8, 4) is 0 Å². The van der Waals surface area contributed by atoms with Crippen molar-refractivity contribution < 1.29 is 17.6 Å². The Hall–Kier alpha value is -2.12. The molecule has 2 aromatic carbocycles.